The first-order valence-corrected chi connectivity index (χ1v) is 29.0. The highest BCUT2D eigenvalue weighted by Crippen LogP contribution is 2.43. The molecule has 0 bridgehead atoms. The van der Waals surface area contributed by atoms with E-state index >= 15 is 0 Å². The van der Waals surface area contributed by atoms with Crippen LogP contribution in [0.1, 0.15) is 0 Å². The molecule has 10 heteroatoms. The van der Waals surface area contributed by atoms with Crippen LogP contribution < -0.4 is 48.0 Å². The molecule has 10 nitrogen and oxygen atoms in total. The third-order valence-electron chi connectivity index (χ3n) is 15.7. The van der Waals surface area contributed by atoms with Crippen LogP contribution in [0.25, 0.3) is 33.4 Å². The van der Waals surface area contributed by atoms with Crippen molar-refractivity contribution < 1.29 is 28.4 Å². The third kappa shape index (κ3) is 12.4. The molecule has 0 aliphatic rings. The number of methoxy groups -OCH3 is 6. The molecule has 88 heavy (non-hydrogen) atoms. The number of ether oxygens (including phenoxy) is 6. The van der Waals surface area contributed by atoms with E-state index in [1.807, 2.05) is 72.8 Å². The van der Waals surface area contributed by atoms with Crippen molar-refractivity contribution in [1.82, 2.24) is 0 Å². The van der Waals surface area contributed by atoms with E-state index in [4.69, 9.17) is 28.4 Å². The zero-order valence-electron chi connectivity index (χ0n) is 50.0. The van der Waals surface area contributed by atoms with Gasteiger partial charge in [0.25, 0.3) is 0 Å². The zero-order valence-corrected chi connectivity index (χ0v) is 50.0. The van der Waals surface area contributed by atoms with Gasteiger partial charge in [-0.25, -0.2) is 0 Å². The Hall–Kier alpha value is -11.4. The van der Waals surface area contributed by atoms with Crippen LogP contribution in [0.3, 0.4) is 0 Å². The van der Waals surface area contributed by atoms with E-state index in [0.717, 1.165) is 136 Å². The standard InChI is InChI=1S/C78H66N4O6/c1-83-73-43-31-67(32-44-73)79(63-23-11-57(12-24-63)59-15-27-65(28-16-59)81(69-35-47-75(85-3)48-36-69)70-37-49-76(86-4)50-38-70)61-19-7-55(8-20-61)56-9-21-62(22-10-56)80(68-33-45-74(84-2)46-34-68)64-25-13-58(14-26-64)60-17-29-66(30-18-60)82(71-39-51-77(87-5)52-40-71)72-41-53-78(88-6)54-42-72/h7-54H,1-6H3. The first-order valence-electron chi connectivity index (χ1n) is 29.0. The molecular weight excluding hydrogens is 1090 g/mol. The predicted octanol–water partition coefficient (Wildman–Crippen LogP) is 20.6. The molecular formula is C78H66N4O6. The van der Waals surface area contributed by atoms with Crippen LogP contribution in [0.15, 0.2) is 291 Å². The fraction of sp³-hybridized carbons (Fsp3) is 0.0769. The maximum absolute atomic E-state index is 5.58. The summed E-state index contributed by atoms with van der Waals surface area (Å²) < 4.78 is 33.1. The van der Waals surface area contributed by atoms with Crippen LogP contribution in [0.5, 0.6) is 34.5 Å². The van der Waals surface area contributed by atoms with E-state index in [-0.39, 0.29) is 0 Å². The summed E-state index contributed by atoms with van der Waals surface area (Å²) in [6.07, 6.45) is 0. The largest absolute Gasteiger partial charge is 0.497 e. The van der Waals surface area contributed by atoms with Crippen LogP contribution in [-0.2, 0) is 0 Å². The van der Waals surface area contributed by atoms with Gasteiger partial charge in [0.2, 0.25) is 0 Å². The van der Waals surface area contributed by atoms with Gasteiger partial charge in [0, 0.05) is 68.2 Å². The fourth-order valence-corrected chi connectivity index (χ4v) is 11.0. The Morgan fingerprint density at radius 2 is 0.227 bits per heavy atom. The van der Waals surface area contributed by atoms with E-state index in [2.05, 4.69) is 238 Å². The highest BCUT2D eigenvalue weighted by Gasteiger charge is 2.19. The molecule has 0 heterocycles. The molecule has 12 aromatic carbocycles. The summed E-state index contributed by atoms with van der Waals surface area (Å²) in [5.74, 6) is 4.80. The summed E-state index contributed by atoms with van der Waals surface area (Å²) in [5.41, 5.74) is 18.8. The Bertz CT molecular complexity index is 3810. The molecule has 12 rings (SSSR count). The summed E-state index contributed by atoms with van der Waals surface area (Å²) in [5, 5.41) is 0. The minimum Gasteiger partial charge on any atom is -0.497 e. The second-order valence-corrected chi connectivity index (χ2v) is 20.8. The Balaban J connectivity index is 0.789. The monoisotopic (exact) mass is 1150 g/mol. The van der Waals surface area contributed by atoms with Crippen molar-refractivity contribution in [3.8, 4) is 67.9 Å². The average molecular weight is 1160 g/mol. The number of nitrogens with zero attached hydrogens (tertiary/aromatic N) is 4. The van der Waals surface area contributed by atoms with E-state index in [0.29, 0.717) is 0 Å². The second kappa shape index (κ2) is 26.3. The Labute approximate surface area is 515 Å². The summed E-state index contributed by atoms with van der Waals surface area (Å²) in [6, 6.07) is 101. The zero-order chi connectivity index (χ0) is 60.3. The lowest BCUT2D eigenvalue weighted by Gasteiger charge is -2.27. The number of hydrogen-bond acceptors (Lipinski definition) is 10. The lowest BCUT2D eigenvalue weighted by Crippen LogP contribution is -2.10. The van der Waals surface area contributed by atoms with Crippen LogP contribution in [0.2, 0.25) is 0 Å². The molecule has 434 valence electrons. The SMILES string of the molecule is COc1ccc(N(c2ccc(OC)cc2)c2ccc(-c3ccc(N(c4ccc(OC)cc4)c4ccc(-c5ccc(N(c6ccc(OC)cc6)c6ccc(-c7ccc(N(c8ccc(OC)cc8)c8ccc(OC)cc8)cc7)cc6)cc5)cc4)cc3)cc2)cc1. The van der Waals surface area contributed by atoms with Crippen LogP contribution in [0.4, 0.5) is 68.2 Å². The van der Waals surface area contributed by atoms with E-state index in [9.17, 15) is 0 Å². The molecule has 0 atom stereocenters. The number of anilines is 12. The van der Waals surface area contributed by atoms with Crippen molar-refractivity contribution in [2.75, 3.05) is 62.3 Å². The van der Waals surface area contributed by atoms with E-state index in [1.54, 1.807) is 42.7 Å². The number of benzene rings is 12. The van der Waals surface area contributed by atoms with Gasteiger partial charge in [-0.1, -0.05) is 72.8 Å². The first-order chi connectivity index (χ1) is 43.3. The second-order valence-electron chi connectivity index (χ2n) is 20.8. The molecule has 0 amide bonds. The normalized spacial score (nSPS) is 10.8. The fourth-order valence-electron chi connectivity index (χ4n) is 11.0. The molecule has 12 aromatic rings. The van der Waals surface area contributed by atoms with Crippen LogP contribution in [0, 0.1) is 0 Å². The minimum absolute atomic E-state index is 0.795. The van der Waals surface area contributed by atoms with Crippen molar-refractivity contribution >= 4 is 68.2 Å². The lowest BCUT2D eigenvalue weighted by atomic mass is 10.0. The topological polar surface area (TPSA) is 68.3 Å². The van der Waals surface area contributed by atoms with Crippen molar-refractivity contribution in [2.45, 2.75) is 0 Å². The molecule has 0 aromatic heterocycles. The smallest absolute Gasteiger partial charge is 0.119 e. The van der Waals surface area contributed by atoms with Gasteiger partial charge < -0.3 is 48.0 Å². The molecule has 0 saturated carbocycles. The minimum atomic E-state index is 0.795. The van der Waals surface area contributed by atoms with Gasteiger partial charge in [-0.15, -0.1) is 0 Å². The highest BCUT2D eigenvalue weighted by atomic mass is 16.5. The third-order valence-corrected chi connectivity index (χ3v) is 15.7. The van der Waals surface area contributed by atoms with Gasteiger partial charge in [0.05, 0.1) is 42.7 Å². The Morgan fingerprint density at radius 1 is 0.136 bits per heavy atom. The molecule has 0 unspecified atom stereocenters. The molecule has 0 spiro atoms. The molecule has 0 N–H and O–H groups in total. The van der Waals surface area contributed by atoms with Gasteiger partial charge in [-0.05, 0) is 252 Å². The maximum atomic E-state index is 5.58. The molecule has 0 aliphatic carbocycles. The van der Waals surface area contributed by atoms with Crippen molar-refractivity contribution in [2.24, 2.45) is 0 Å². The summed E-state index contributed by atoms with van der Waals surface area (Å²) in [7, 11) is 10.1. The summed E-state index contributed by atoms with van der Waals surface area (Å²) in [6.45, 7) is 0. The molecule has 0 aliphatic heterocycles. The van der Waals surface area contributed by atoms with Gasteiger partial charge in [-0.3, -0.25) is 0 Å². The number of hydrogen-bond donors (Lipinski definition) is 0. The first kappa shape index (κ1) is 57.1. The van der Waals surface area contributed by atoms with Gasteiger partial charge in [0.1, 0.15) is 34.5 Å². The Morgan fingerprint density at radius 3 is 0.318 bits per heavy atom. The summed E-state index contributed by atoms with van der Waals surface area (Å²) in [4.78, 5) is 9.00. The number of rotatable bonds is 21. The summed E-state index contributed by atoms with van der Waals surface area (Å²) >= 11 is 0. The molecule has 0 fully saturated rings. The Kier molecular flexibility index (Phi) is 17.0. The van der Waals surface area contributed by atoms with Gasteiger partial charge >= 0.3 is 0 Å². The predicted molar refractivity (Wildman–Crippen MR) is 361 cm³/mol. The van der Waals surface area contributed by atoms with Gasteiger partial charge in [0.15, 0.2) is 0 Å². The molecule has 0 saturated heterocycles. The maximum Gasteiger partial charge on any atom is 0.119 e. The van der Waals surface area contributed by atoms with E-state index in [1.165, 1.54) is 0 Å². The van der Waals surface area contributed by atoms with Crippen molar-refractivity contribution in [3.05, 3.63) is 291 Å². The van der Waals surface area contributed by atoms with Crippen molar-refractivity contribution in [3.63, 3.8) is 0 Å². The van der Waals surface area contributed by atoms with Crippen molar-refractivity contribution in [1.29, 1.82) is 0 Å². The average Bonchev–Trinajstić information content (AvgIpc) is 2.54. The van der Waals surface area contributed by atoms with Gasteiger partial charge in [-0.2, -0.15) is 0 Å². The van der Waals surface area contributed by atoms with E-state index < -0.39 is 0 Å². The quantitative estimate of drug-likeness (QED) is 0.0695. The van der Waals surface area contributed by atoms with Crippen LogP contribution in [-0.4, -0.2) is 42.7 Å². The molecule has 0 radical (unpaired) electrons. The highest BCUT2D eigenvalue weighted by molar-refractivity contribution is 5.85. The van der Waals surface area contributed by atoms with Crippen LogP contribution >= 0.6 is 0 Å². The lowest BCUT2D eigenvalue weighted by molar-refractivity contribution is 0.414.